The van der Waals surface area contributed by atoms with Crippen LogP contribution in [0, 0.1) is 0 Å². The Hall–Kier alpha value is -0.880. The lowest BCUT2D eigenvalue weighted by Gasteiger charge is -2.35. The summed E-state index contributed by atoms with van der Waals surface area (Å²) in [6, 6.07) is 0. The summed E-state index contributed by atoms with van der Waals surface area (Å²) in [7, 11) is 0. The highest BCUT2D eigenvalue weighted by Gasteiger charge is 2.21. The zero-order valence-electron chi connectivity index (χ0n) is 12.2. The molecular weight excluding hydrogens is 260 g/mol. The van der Waals surface area contributed by atoms with Crippen molar-refractivity contribution in [2.45, 2.75) is 33.6 Å². The van der Waals surface area contributed by atoms with Crippen LogP contribution in [-0.2, 0) is 11.2 Å². The predicted molar refractivity (Wildman–Crippen MR) is 78.9 cm³/mol. The molecule has 19 heavy (non-hydrogen) atoms. The molecule has 0 unspecified atom stereocenters. The summed E-state index contributed by atoms with van der Waals surface area (Å²) in [6.07, 6.45) is 3.17. The van der Waals surface area contributed by atoms with Crippen LogP contribution in [-0.4, -0.2) is 56.9 Å². The summed E-state index contributed by atoms with van der Waals surface area (Å²) < 4.78 is 1.04. The van der Waals surface area contributed by atoms with Crippen LogP contribution in [0.15, 0.2) is 6.20 Å². The average Bonchev–Trinajstić information content (AvgIpc) is 2.94. The number of carbonyl (C=O) groups excluding carboxylic acids is 1. The van der Waals surface area contributed by atoms with Gasteiger partial charge in [-0.3, -0.25) is 4.79 Å². The Bertz CT molecular complexity index is 354. The van der Waals surface area contributed by atoms with Crippen LogP contribution < -0.4 is 0 Å². The standard InChI is InChI=1S/C13H25N4OS/c1-4-17(5-2,6-3)9-7-13(18)19-10-8-12-11-14-16-15-12/h11H,4-10H2,1-3H3,(H,14,15,16)/q+1. The van der Waals surface area contributed by atoms with Gasteiger partial charge in [-0.15, -0.1) is 0 Å². The second-order valence-corrected chi connectivity index (χ2v) is 5.85. The van der Waals surface area contributed by atoms with E-state index in [2.05, 4.69) is 36.2 Å². The van der Waals surface area contributed by atoms with Crippen molar-refractivity contribution in [2.24, 2.45) is 0 Å². The Morgan fingerprint density at radius 3 is 2.53 bits per heavy atom. The Morgan fingerprint density at radius 2 is 2.00 bits per heavy atom. The van der Waals surface area contributed by atoms with Gasteiger partial charge in [-0.2, -0.15) is 15.4 Å². The van der Waals surface area contributed by atoms with Crippen molar-refractivity contribution < 1.29 is 9.28 Å². The average molecular weight is 285 g/mol. The molecule has 0 atom stereocenters. The zero-order valence-corrected chi connectivity index (χ0v) is 13.0. The number of nitrogens with one attached hydrogen (secondary N) is 1. The molecule has 1 N–H and O–H groups in total. The summed E-state index contributed by atoms with van der Waals surface area (Å²) in [5.41, 5.74) is 0.918. The van der Waals surface area contributed by atoms with Crippen molar-refractivity contribution >= 4 is 16.9 Å². The van der Waals surface area contributed by atoms with Gasteiger partial charge in [-0.05, 0) is 20.8 Å². The number of aromatic amines is 1. The number of hydrogen-bond acceptors (Lipinski definition) is 4. The van der Waals surface area contributed by atoms with Gasteiger partial charge < -0.3 is 4.48 Å². The summed E-state index contributed by atoms with van der Waals surface area (Å²) in [6.45, 7) is 10.9. The molecule has 6 heteroatoms. The maximum atomic E-state index is 11.9. The van der Waals surface area contributed by atoms with Gasteiger partial charge in [-0.25, -0.2) is 0 Å². The van der Waals surface area contributed by atoms with Gasteiger partial charge in [0.25, 0.3) is 0 Å². The minimum Gasteiger partial charge on any atom is -0.324 e. The summed E-state index contributed by atoms with van der Waals surface area (Å²) in [4.78, 5) is 11.9. The first-order valence-corrected chi connectivity index (χ1v) is 7.99. The van der Waals surface area contributed by atoms with Gasteiger partial charge in [0.05, 0.1) is 44.5 Å². The Kier molecular flexibility index (Phi) is 7.09. The van der Waals surface area contributed by atoms with Crippen molar-refractivity contribution in [3.8, 4) is 0 Å². The number of carbonyl (C=O) groups is 1. The molecule has 1 rings (SSSR count). The number of rotatable bonds is 9. The lowest BCUT2D eigenvalue weighted by Crippen LogP contribution is -2.48. The van der Waals surface area contributed by atoms with E-state index < -0.39 is 0 Å². The fraction of sp³-hybridized carbons (Fsp3) is 0.769. The minimum atomic E-state index is 0.293. The quantitative estimate of drug-likeness (QED) is 0.704. The molecule has 1 aromatic heterocycles. The van der Waals surface area contributed by atoms with E-state index in [1.165, 1.54) is 11.8 Å². The van der Waals surface area contributed by atoms with Gasteiger partial charge in [0.1, 0.15) is 0 Å². The molecule has 5 nitrogen and oxygen atoms in total. The number of aryl methyl sites for hydroxylation is 1. The molecule has 0 spiro atoms. The third kappa shape index (κ3) is 5.32. The number of thioether (sulfide) groups is 1. The molecule has 0 amide bonds. The van der Waals surface area contributed by atoms with Gasteiger partial charge in [-0.1, -0.05) is 11.8 Å². The zero-order chi connectivity index (χ0) is 14.1. The highest BCUT2D eigenvalue weighted by Crippen LogP contribution is 2.13. The molecule has 0 aliphatic carbocycles. The van der Waals surface area contributed by atoms with Crippen molar-refractivity contribution in [3.63, 3.8) is 0 Å². The van der Waals surface area contributed by atoms with Crippen LogP contribution in [0.25, 0.3) is 0 Å². The Labute approximate surface area is 119 Å². The van der Waals surface area contributed by atoms with Gasteiger partial charge >= 0.3 is 0 Å². The molecule has 108 valence electrons. The molecule has 0 aromatic carbocycles. The van der Waals surface area contributed by atoms with Crippen LogP contribution in [0.5, 0.6) is 0 Å². The van der Waals surface area contributed by atoms with E-state index >= 15 is 0 Å². The molecule has 0 aliphatic heterocycles. The highest BCUT2D eigenvalue weighted by molar-refractivity contribution is 8.13. The van der Waals surface area contributed by atoms with Crippen molar-refractivity contribution in [1.82, 2.24) is 15.4 Å². The lowest BCUT2D eigenvalue weighted by atomic mass is 10.3. The van der Waals surface area contributed by atoms with Crippen molar-refractivity contribution in [3.05, 3.63) is 11.9 Å². The fourth-order valence-corrected chi connectivity index (χ4v) is 2.94. The van der Waals surface area contributed by atoms with Crippen molar-refractivity contribution in [1.29, 1.82) is 0 Å². The van der Waals surface area contributed by atoms with E-state index in [0.29, 0.717) is 11.5 Å². The Balaban J connectivity index is 2.23. The van der Waals surface area contributed by atoms with Gasteiger partial charge in [0.2, 0.25) is 0 Å². The second kappa shape index (κ2) is 8.32. The predicted octanol–water partition coefficient (Wildman–Crippen LogP) is 1.87. The largest absolute Gasteiger partial charge is 0.324 e. The van der Waals surface area contributed by atoms with E-state index in [1.54, 1.807) is 6.20 Å². The maximum absolute atomic E-state index is 11.9. The minimum absolute atomic E-state index is 0.293. The van der Waals surface area contributed by atoms with E-state index in [0.717, 1.165) is 48.5 Å². The Morgan fingerprint density at radius 1 is 1.32 bits per heavy atom. The second-order valence-electron chi connectivity index (χ2n) is 4.70. The van der Waals surface area contributed by atoms with E-state index in [9.17, 15) is 4.79 Å². The molecule has 1 heterocycles. The number of nitrogens with zero attached hydrogens (tertiary/aromatic N) is 3. The molecule has 0 fully saturated rings. The number of quaternary nitrogens is 1. The van der Waals surface area contributed by atoms with E-state index in [1.807, 2.05) is 0 Å². The molecular formula is C13H25N4OS+. The molecule has 0 aliphatic rings. The van der Waals surface area contributed by atoms with E-state index in [-0.39, 0.29) is 0 Å². The molecule has 0 saturated carbocycles. The van der Waals surface area contributed by atoms with Gasteiger partial charge in [0.15, 0.2) is 5.12 Å². The summed E-state index contributed by atoms with van der Waals surface area (Å²) >= 11 is 1.42. The molecule has 0 bridgehead atoms. The van der Waals surface area contributed by atoms with Crippen LogP contribution in [0.2, 0.25) is 0 Å². The highest BCUT2D eigenvalue weighted by atomic mass is 32.2. The fourth-order valence-electron chi connectivity index (χ4n) is 2.16. The number of H-pyrrole nitrogens is 1. The lowest BCUT2D eigenvalue weighted by molar-refractivity contribution is -0.922. The summed E-state index contributed by atoms with van der Waals surface area (Å²) in [5, 5.41) is 10.6. The first kappa shape index (κ1) is 16.2. The van der Waals surface area contributed by atoms with Crippen LogP contribution in [0.3, 0.4) is 0 Å². The van der Waals surface area contributed by atoms with Crippen LogP contribution in [0.4, 0.5) is 0 Å². The smallest absolute Gasteiger partial charge is 0.194 e. The van der Waals surface area contributed by atoms with E-state index in [4.69, 9.17) is 0 Å². The van der Waals surface area contributed by atoms with Gasteiger partial charge in [0, 0.05) is 12.2 Å². The molecule has 0 saturated heterocycles. The first-order chi connectivity index (χ1) is 9.15. The maximum Gasteiger partial charge on any atom is 0.194 e. The molecule has 1 aromatic rings. The third-order valence-corrected chi connectivity index (χ3v) is 4.82. The van der Waals surface area contributed by atoms with Crippen molar-refractivity contribution in [2.75, 3.05) is 31.9 Å². The first-order valence-electron chi connectivity index (χ1n) is 7.01. The third-order valence-electron chi connectivity index (χ3n) is 3.89. The number of hydrogen-bond donors (Lipinski definition) is 1. The topological polar surface area (TPSA) is 58.6 Å². The number of aromatic nitrogens is 3. The normalized spacial score (nSPS) is 11.7. The monoisotopic (exact) mass is 285 g/mol. The van der Waals surface area contributed by atoms with Crippen LogP contribution in [0.1, 0.15) is 32.9 Å². The van der Waals surface area contributed by atoms with Crippen LogP contribution >= 0.6 is 11.8 Å². The summed E-state index contributed by atoms with van der Waals surface area (Å²) in [5.74, 6) is 0.787. The SMILES string of the molecule is CC[N+](CC)(CC)CCC(=O)SCCc1cn[nH]n1. The molecule has 0 radical (unpaired) electrons.